The smallest absolute Gasteiger partial charge is 0.207 e. The second kappa shape index (κ2) is 2.73. The van der Waals surface area contributed by atoms with Crippen LogP contribution in [-0.4, -0.2) is 29.8 Å². The highest BCUT2D eigenvalue weighted by molar-refractivity contribution is 7.79. The summed E-state index contributed by atoms with van der Waals surface area (Å²) in [7, 11) is -5.39. The Balaban J connectivity index is 2.91. The molecule has 0 bridgehead atoms. The summed E-state index contributed by atoms with van der Waals surface area (Å²) in [6.45, 7) is 2.97. The largest absolute Gasteiger partial charge is 0.344 e. The van der Waals surface area contributed by atoms with Crippen molar-refractivity contribution in [1.82, 2.24) is 0 Å². The third-order valence-electron chi connectivity index (χ3n) is 2.25. The van der Waals surface area contributed by atoms with Crippen LogP contribution in [0.4, 0.5) is 0 Å². The monoisotopic (exact) mass is 196 g/mol. The molecule has 0 spiro atoms. The third kappa shape index (κ3) is 1.96. The highest BCUT2D eigenvalue weighted by atomic mass is 31.2. The van der Waals surface area contributed by atoms with E-state index >= 15 is 0 Å². The van der Waals surface area contributed by atoms with Gasteiger partial charge in [0.2, 0.25) is 7.37 Å². The van der Waals surface area contributed by atoms with Gasteiger partial charge in [-0.05, 0) is 19.5 Å². The zero-order valence-electron chi connectivity index (χ0n) is 6.86. The summed E-state index contributed by atoms with van der Waals surface area (Å²) in [5, 5.41) is -0.407. The molecule has 3 unspecified atom stereocenters. The van der Waals surface area contributed by atoms with Gasteiger partial charge in [-0.1, -0.05) is 0 Å². The summed E-state index contributed by atoms with van der Waals surface area (Å²) in [5.74, 6) is 0. The van der Waals surface area contributed by atoms with Crippen LogP contribution < -0.4 is 0 Å². The van der Waals surface area contributed by atoms with Crippen molar-refractivity contribution in [1.29, 1.82) is 0 Å². The van der Waals surface area contributed by atoms with Crippen molar-refractivity contribution in [2.45, 2.75) is 18.2 Å². The second-order valence-electron chi connectivity index (χ2n) is 3.46. The first-order valence-corrected chi connectivity index (χ1v) is 8.28. The molecule has 0 aromatic rings. The minimum Gasteiger partial charge on any atom is -0.344 e. The fraction of sp³-hybridized carbons (Fsp3) is 1.00. The topological polar surface area (TPSA) is 54.4 Å². The molecule has 66 valence electrons. The predicted octanol–water partition coefficient (Wildman–Crippen LogP) is 2.00. The molecule has 0 aromatic heterocycles. The van der Waals surface area contributed by atoms with E-state index in [1.165, 1.54) is 6.66 Å². The molecule has 1 rings (SSSR count). The maximum atomic E-state index is 11.7. The van der Waals surface area contributed by atoms with Gasteiger partial charge >= 0.3 is 0 Å². The summed E-state index contributed by atoms with van der Waals surface area (Å²) in [5.41, 5.74) is 0. The van der Waals surface area contributed by atoms with Gasteiger partial charge < -0.3 is 9.46 Å². The predicted molar refractivity (Wildman–Crippen MR) is 47.2 cm³/mol. The van der Waals surface area contributed by atoms with Crippen LogP contribution in [0.3, 0.4) is 0 Å². The molecule has 5 heteroatoms. The molecule has 1 heterocycles. The first-order valence-electron chi connectivity index (χ1n) is 3.70. The summed E-state index contributed by atoms with van der Waals surface area (Å²) in [4.78, 5) is 9.24. The van der Waals surface area contributed by atoms with E-state index in [2.05, 4.69) is 0 Å². The normalized spacial score (nSPS) is 43.7. The third-order valence-corrected chi connectivity index (χ3v) is 9.09. The number of hydrogen-bond acceptors (Lipinski definition) is 2. The molecule has 3 atom stereocenters. The summed E-state index contributed by atoms with van der Waals surface area (Å²) < 4.78 is 22.9. The fourth-order valence-corrected chi connectivity index (χ4v) is 8.17. The lowest BCUT2D eigenvalue weighted by Gasteiger charge is -2.18. The summed E-state index contributed by atoms with van der Waals surface area (Å²) in [6, 6.07) is 0. The average Bonchev–Trinajstić information content (AvgIpc) is 2.06. The van der Waals surface area contributed by atoms with E-state index in [1.54, 1.807) is 6.66 Å². The van der Waals surface area contributed by atoms with Crippen molar-refractivity contribution in [2.24, 2.45) is 0 Å². The molecule has 0 amide bonds. The van der Waals surface area contributed by atoms with Gasteiger partial charge in [-0.25, -0.2) is 0 Å². The van der Waals surface area contributed by atoms with E-state index in [1.807, 2.05) is 0 Å². The standard InChI is InChI=1S/C6H14O3P2/c1-10(7)5-3-4-6(10)11(2,8)9/h6H,3-5H2,1-2H3,(H,8,9). The van der Waals surface area contributed by atoms with Crippen LogP contribution in [0, 0.1) is 0 Å². The molecule has 11 heavy (non-hydrogen) atoms. The van der Waals surface area contributed by atoms with E-state index in [9.17, 15) is 14.0 Å². The van der Waals surface area contributed by atoms with Crippen molar-refractivity contribution < 1.29 is 14.0 Å². The first-order chi connectivity index (χ1) is 4.84. The maximum Gasteiger partial charge on any atom is 0.207 e. The van der Waals surface area contributed by atoms with Crippen LogP contribution in [0.5, 0.6) is 0 Å². The van der Waals surface area contributed by atoms with Gasteiger partial charge in [0, 0.05) is 12.8 Å². The lowest BCUT2D eigenvalue weighted by Crippen LogP contribution is -2.01. The molecular weight excluding hydrogens is 182 g/mol. The molecule has 1 aliphatic heterocycles. The van der Waals surface area contributed by atoms with Crippen LogP contribution in [0.2, 0.25) is 0 Å². The molecular formula is C6H14O3P2. The quantitative estimate of drug-likeness (QED) is 0.652. The van der Waals surface area contributed by atoms with Crippen molar-refractivity contribution in [3.05, 3.63) is 0 Å². The number of hydrogen-bond donors (Lipinski definition) is 1. The van der Waals surface area contributed by atoms with Crippen molar-refractivity contribution in [2.75, 3.05) is 19.5 Å². The van der Waals surface area contributed by atoms with Gasteiger partial charge in [-0.3, -0.25) is 4.57 Å². The van der Waals surface area contributed by atoms with Crippen LogP contribution in [-0.2, 0) is 9.13 Å². The van der Waals surface area contributed by atoms with Crippen LogP contribution in [0.25, 0.3) is 0 Å². The molecule has 0 radical (unpaired) electrons. The van der Waals surface area contributed by atoms with Gasteiger partial charge in [0.25, 0.3) is 0 Å². The van der Waals surface area contributed by atoms with Crippen LogP contribution in [0.1, 0.15) is 12.8 Å². The van der Waals surface area contributed by atoms with E-state index in [-0.39, 0.29) is 0 Å². The maximum absolute atomic E-state index is 11.7. The second-order valence-corrected chi connectivity index (χ2v) is 9.80. The fourth-order valence-electron chi connectivity index (χ4n) is 1.70. The Morgan fingerprint density at radius 3 is 2.36 bits per heavy atom. The molecule has 0 saturated carbocycles. The lowest BCUT2D eigenvalue weighted by molar-refractivity contribution is 0.478. The Bertz CT molecular complexity index is 242. The van der Waals surface area contributed by atoms with E-state index in [4.69, 9.17) is 0 Å². The highest BCUT2D eigenvalue weighted by Gasteiger charge is 2.42. The van der Waals surface area contributed by atoms with Crippen LogP contribution >= 0.6 is 14.5 Å². The molecule has 1 fully saturated rings. The molecule has 0 aromatic carbocycles. The molecule has 1 saturated heterocycles. The van der Waals surface area contributed by atoms with Gasteiger partial charge in [0.05, 0.1) is 12.5 Å². The van der Waals surface area contributed by atoms with E-state index in [0.717, 1.165) is 6.42 Å². The zero-order valence-corrected chi connectivity index (χ0v) is 8.65. The Hall–Kier alpha value is 0.420. The molecule has 3 nitrogen and oxygen atoms in total. The van der Waals surface area contributed by atoms with Gasteiger partial charge in [-0.15, -0.1) is 0 Å². The zero-order chi connectivity index (χ0) is 8.70. The summed E-state index contributed by atoms with van der Waals surface area (Å²) in [6.07, 6.45) is 2.16. The molecule has 0 aliphatic carbocycles. The van der Waals surface area contributed by atoms with Crippen LogP contribution in [0.15, 0.2) is 0 Å². The Labute approximate surface area is 67.0 Å². The SMILES string of the molecule is CP(=O)(O)C1CCCP1(C)=O. The van der Waals surface area contributed by atoms with Crippen molar-refractivity contribution in [3.8, 4) is 0 Å². The van der Waals surface area contributed by atoms with Crippen molar-refractivity contribution >= 4 is 14.5 Å². The van der Waals surface area contributed by atoms with E-state index in [0.29, 0.717) is 12.6 Å². The Morgan fingerprint density at radius 1 is 1.64 bits per heavy atom. The molecule has 1 N–H and O–H groups in total. The highest BCUT2D eigenvalue weighted by Crippen LogP contribution is 2.68. The van der Waals surface area contributed by atoms with Gasteiger partial charge in [-0.2, -0.15) is 0 Å². The number of rotatable bonds is 1. The van der Waals surface area contributed by atoms with E-state index < -0.39 is 19.9 Å². The first kappa shape index (κ1) is 9.51. The van der Waals surface area contributed by atoms with Gasteiger partial charge in [0.15, 0.2) is 0 Å². The minimum atomic E-state index is -3.10. The lowest BCUT2D eigenvalue weighted by atomic mass is 10.4. The Morgan fingerprint density at radius 2 is 2.18 bits per heavy atom. The average molecular weight is 196 g/mol. The Kier molecular flexibility index (Phi) is 2.36. The summed E-state index contributed by atoms with van der Waals surface area (Å²) >= 11 is 0. The van der Waals surface area contributed by atoms with Gasteiger partial charge in [0.1, 0.15) is 0 Å². The minimum absolute atomic E-state index is 0.407. The van der Waals surface area contributed by atoms with Crippen molar-refractivity contribution in [3.63, 3.8) is 0 Å². The molecule has 1 aliphatic rings.